The fraction of sp³-hybridized carbons (Fsp3) is 0.273. The van der Waals surface area contributed by atoms with Crippen LogP contribution < -0.4 is 10.1 Å². The molecule has 0 heterocycles. The van der Waals surface area contributed by atoms with Crippen molar-refractivity contribution in [3.05, 3.63) is 29.0 Å². The van der Waals surface area contributed by atoms with Crippen molar-refractivity contribution in [3.63, 3.8) is 0 Å². The van der Waals surface area contributed by atoms with Gasteiger partial charge in [0.05, 0.1) is 5.02 Å². The van der Waals surface area contributed by atoms with Crippen LogP contribution in [-0.4, -0.2) is 29.6 Å². The summed E-state index contributed by atoms with van der Waals surface area (Å²) < 4.78 is 18.0. The molecule has 0 saturated carbocycles. The van der Waals surface area contributed by atoms with Gasteiger partial charge in [0, 0.05) is 0 Å². The van der Waals surface area contributed by atoms with Crippen LogP contribution in [0.15, 0.2) is 18.2 Å². The van der Waals surface area contributed by atoms with Crippen molar-refractivity contribution < 1.29 is 23.8 Å². The molecule has 0 spiro atoms. The van der Waals surface area contributed by atoms with Crippen molar-refractivity contribution >= 4 is 23.5 Å². The molecule has 0 bridgehead atoms. The number of rotatable bonds is 5. The van der Waals surface area contributed by atoms with Crippen molar-refractivity contribution in [2.75, 3.05) is 6.54 Å². The van der Waals surface area contributed by atoms with E-state index < -0.39 is 30.3 Å². The Labute approximate surface area is 108 Å². The number of amides is 1. The summed E-state index contributed by atoms with van der Waals surface area (Å²) in [6, 6.07) is 3.49. The topological polar surface area (TPSA) is 75.6 Å². The highest BCUT2D eigenvalue weighted by atomic mass is 35.5. The molecule has 0 aromatic heterocycles. The van der Waals surface area contributed by atoms with Crippen LogP contribution in [-0.2, 0) is 9.59 Å². The SMILES string of the molecule is CC(Oc1ccc(F)cc1Cl)C(=O)NCC(=O)O. The van der Waals surface area contributed by atoms with Crippen molar-refractivity contribution in [1.82, 2.24) is 5.32 Å². The molecule has 2 N–H and O–H groups in total. The van der Waals surface area contributed by atoms with E-state index in [-0.39, 0.29) is 10.8 Å². The molecule has 0 fully saturated rings. The first-order chi connectivity index (χ1) is 8.40. The molecule has 1 amide bonds. The molecule has 0 aliphatic heterocycles. The third-order valence-electron chi connectivity index (χ3n) is 1.98. The summed E-state index contributed by atoms with van der Waals surface area (Å²) in [7, 11) is 0. The number of ether oxygens (including phenoxy) is 1. The Morgan fingerprint density at radius 3 is 2.78 bits per heavy atom. The lowest BCUT2D eigenvalue weighted by atomic mass is 10.3. The largest absolute Gasteiger partial charge is 0.480 e. The van der Waals surface area contributed by atoms with Gasteiger partial charge in [-0.05, 0) is 25.1 Å². The van der Waals surface area contributed by atoms with E-state index in [9.17, 15) is 14.0 Å². The molecule has 1 unspecified atom stereocenters. The Morgan fingerprint density at radius 2 is 2.22 bits per heavy atom. The Morgan fingerprint density at radius 1 is 1.56 bits per heavy atom. The summed E-state index contributed by atoms with van der Waals surface area (Å²) in [5.74, 6) is -2.13. The minimum absolute atomic E-state index is 0.0351. The van der Waals surface area contributed by atoms with E-state index in [1.165, 1.54) is 13.0 Å². The second-order valence-electron chi connectivity index (χ2n) is 3.45. The number of aliphatic carboxylic acids is 1. The van der Waals surface area contributed by atoms with Crippen molar-refractivity contribution in [1.29, 1.82) is 0 Å². The number of hydrogen-bond donors (Lipinski definition) is 2. The molecule has 7 heteroatoms. The number of hydrogen-bond acceptors (Lipinski definition) is 3. The number of carboxylic acids is 1. The molecule has 1 aromatic rings. The summed E-state index contributed by atoms with van der Waals surface area (Å²) in [5, 5.41) is 10.6. The quantitative estimate of drug-likeness (QED) is 0.853. The number of nitrogens with one attached hydrogen (secondary N) is 1. The molecule has 5 nitrogen and oxygen atoms in total. The van der Waals surface area contributed by atoms with Crippen LogP contribution in [0.5, 0.6) is 5.75 Å². The van der Waals surface area contributed by atoms with E-state index in [1.54, 1.807) is 0 Å². The molecule has 1 atom stereocenters. The molecular weight excluding hydrogens is 265 g/mol. The van der Waals surface area contributed by atoms with Crippen LogP contribution in [0.2, 0.25) is 5.02 Å². The number of carbonyl (C=O) groups is 2. The Kier molecular flexibility index (Phi) is 4.91. The maximum absolute atomic E-state index is 12.8. The fourth-order valence-corrected chi connectivity index (χ4v) is 1.33. The Balaban J connectivity index is 2.60. The van der Waals surface area contributed by atoms with Gasteiger partial charge < -0.3 is 15.2 Å². The smallest absolute Gasteiger partial charge is 0.322 e. The van der Waals surface area contributed by atoms with Gasteiger partial charge in [-0.25, -0.2) is 4.39 Å². The van der Waals surface area contributed by atoms with Crippen LogP contribution >= 0.6 is 11.6 Å². The number of carbonyl (C=O) groups excluding carboxylic acids is 1. The van der Waals surface area contributed by atoms with Gasteiger partial charge in [-0.1, -0.05) is 11.6 Å². The number of benzene rings is 1. The van der Waals surface area contributed by atoms with E-state index in [0.717, 1.165) is 12.1 Å². The number of halogens is 2. The normalized spacial score (nSPS) is 11.7. The fourth-order valence-electron chi connectivity index (χ4n) is 1.12. The van der Waals surface area contributed by atoms with Gasteiger partial charge in [0.1, 0.15) is 18.1 Å². The zero-order valence-corrected chi connectivity index (χ0v) is 10.2. The highest BCUT2D eigenvalue weighted by molar-refractivity contribution is 6.32. The first-order valence-corrected chi connectivity index (χ1v) is 5.39. The molecule has 0 aliphatic rings. The van der Waals surface area contributed by atoms with E-state index in [4.69, 9.17) is 21.4 Å². The molecule has 0 aliphatic carbocycles. The number of carboxylic acid groups (broad SMARTS) is 1. The minimum Gasteiger partial charge on any atom is -0.480 e. The molecule has 1 rings (SSSR count). The molecule has 0 radical (unpaired) electrons. The standard InChI is InChI=1S/C11H11ClFNO4/c1-6(11(17)14-5-10(15)16)18-9-3-2-7(13)4-8(9)12/h2-4,6H,5H2,1H3,(H,14,17)(H,15,16). The van der Waals surface area contributed by atoms with Crippen LogP contribution in [0, 0.1) is 5.82 Å². The molecule has 98 valence electrons. The zero-order valence-electron chi connectivity index (χ0n) is 9.44. The van der Waals surface area contributed by atoms with Crippen LogP contribution in [0.3, 0.4) is 0 Å². The monoisotopic (exact) mass is 275 g/mol. The zero-order chi connectivity index (χ0) is 13.7. The summed E-state index contributed by atoms with van der Waals surface area (Å²) in [6.45, 7) is 0.931. The van der Waals surface area contributed by atoms with Gasteiger partial charge in [-0.2, -0.15) is 0 Å². The predicted molar refractivity (Wildman–Crippen MR) is 62.1 cm³/mol. The summed E-state index contributed by atoms with van der Waals surface area (Å²) in [5.41, 5.74) is 0. The predicted octanol–water partition coefficient (Wildman–Crippen LogP) is 1.45. The maximum Gasteiger partial charge on any atom is 0.322 e. The Bertz CT molecular complexity index is 466. The maximum atomic E-state index is 12.8. The third-order valence-corrected chi connectivity index (χ3v) is 2.28. The average Bonchev–Trinajstić information content (AvgIpc) is 2.29. The lowest BCUT2D eigenvalue weighted by molar-refractivity contribution is -0.139. The summed E-state index contributed by atoms with van der Waals surface area (Å²) >= 11 is 5.71. The van der Waals surface area contributed by atoms with Gasteiger partial charge in [0.15, 0.2) is 6.10 Å². The van der Waals surface area contributed by atoms with E-state index in [1.807, 2.05) is 0 Å². The minimum atomic E-state index is -1.16. The third kappa shape index (κ3) is 4.21. The first-order valence-electron chi connectivity index (χ1n) is 5.01. The van der Waals surface area contributed by atoms with Crippen LogP contribution in [0.1, 0.15) is 6.92 Å². The molecule has 0 saturated heterocycles. The van der Waals surface area contributed by atoms with Crippen LogP contribution in [0.25, 0.3) is 0 Å². The van der Waals surface area contributed by atoms with Gasteiger partial charge in [0.2, 0.25) is 0 Å². The highest BCUT2D eigenvalue weighted by Gasteiger charge is 2.16. The first kappa shape index (κ1) is 14.2. The van der Waals surface area contributed by atoms with Gasteiger partial charge in [-0.3, -0.25) is 9.59 Å². The van der Waals surface area contributed by atoms with Gasteiger partial charge in [0.25, 0.3) is 5.91 Å². The Hall–Kier alpha value is -1.82. The average molecular weight is 276 g/mol. The van der Waals surface area contributed by atoms with Crippen LogP contribution in [0.4, 0.5) is 4.39 Å². The highest BCUT2D eigenvalue weighted by Crippen LogP contribution is 2.25. The van der Waals surface area contributed by atoms with Crippen molar-refractivity contribution in [3.8, 4) is 5.75 Å². The molecule has 18 heavy (non-hydrogen) atoms. The van der Waals surface area contributed by atoms with E-state index in [0.29, 0.717) is 0 Å². The second-order valence-corrected chi connectivity index (χ2v) is 3.85. The lowest BCUT2D eigenvalue weighted by Gasteiger charge is -2.14. The van der Waals surface area contributed by atoms with Crippen molar-refractivity contribution in [2.45, 2.75) is 13.0 Å². The van der Waals surface area contributed by atoms with Gasteiger partial charge >= 0.3 is 5.97 Å². The van der Waals surface area contributed by atoms with E-state index >= 15 is 0 Å². The summed E-state index contributed by atoms with van der Waals surface area (Å²) in [4.78, 5) is 21.7. The van der Waals surface area contributed by atoms with Gasteiger partial charge in [-0.15, -0.1) is 0 Å². The second kappa shape index (κ2) is 6.20. The van der Waals surface area contributed by atoms with Crippen molar-refractivity contribution in [2.24, 2.45) is 0 Å². The molecular formula is C11H11ClFNO4. The lowest BCUT2D eigenvalue weighted by Crippen LogP contribution is -2.39. The molecule has 1 aromatic carbocycles. The summed E-state index contributed by atoms with van der Waals surface area (Å²) in [6.07, 6.45) is -0.938. The van der Waals surface area contributed by atoms with E-state index in [2.05, 4.69) is 5.32 Å².